The molecule has 2 amide bonds. The molecule has 2 aromatic carbocycles. The Hall–Kier alpha value is -4.95. The predicted molar refractivity (Wildman–Crippen MR) is 197 cm³/mol. The van der Waals surface area contributed by atoms with Crippen molar-refractivity contribution in [3.63, 3.8) is 0 Å². The van der Waals surface area contributed by atoms with Gasteiger partial charge in [-0.2, -0.15) is 5.10 Å². The summed E-state index contributed by atoms with van der Waals surface area (Å²) in [5, 5.41) is 28.4. The van der Waals surface area contributed by atoms with Gasteiger partial charge in [0.1, 0.15) is 11.3 Å². The van der Waals surface area contributed by atoms with Crippen LogP contribution >= 0.6 is 23.2 Å². The number of aliphatic hydroxyl groups is 1. The number of pyridine rings is 1. The van der Waals surface area contributed by atoms with E-state index < -0.39 is 11.7 Å². The van der Waals surface area contributed by atoms with Gasteiger partial charge in [-0.15, -0.1) is 0 Å². The second-order valence-corrected chi connectivity index (χ2v) is 14.4. The van der Waals surface area contributed by atoms with E-state index >= 15 is 0 Å². The largest absolute Gasteiger partial charge is 0.481 e. The lowest BCUT2D eigenvalue weighted by Crippen LogP contribution is -2.59. The molecule has 5 heterocycles. The van der Waals surface area contributed by atoms with Crippen LogP contribution in [0.15, 0.2) is 65.6 Å². The number of methoxy groups -OCH3 is 1. The number of nitrogens with zero attached hydrogens (tertiary/aromatic N) is 6. The summed E-state index contributed by atoms with van der Waals surface area (Å²) in [4.78, 5) is 45.0. The number of carbonyl (C=O) groups is 2. The Morgan fingerprint density at radius 1 is 1.06 bits per heavy atom. The minimum absolute atomic E-state index is 0.0217. The Morgan fingerprint density at radius 3 is 2.37 bits per heavy atom. The van der Waals surface area contributed by atoms with Crippen LogP contribution in [0.1, 0.15) is 31.2 Å². The first-order chi connectivity index (χ1) is 24.8. The summed E-state index contributed by atoms with van der Waals surface area (Å²) in [6, 6.07) is 16.2. The molecule has 2 saturated heterocycles. The van der Waals surface area contributed by atoms with Gasteiger partial charge in [0.2, 0.25) is 11.8 Å². The molecule has 5 aromatic rings. The van der Waals surface area contributed by atoms with E-state index in [2.05, 4.69) is 5.32 Å². The summed E-state index contributed by atoms with van der Waals surface area (Å²) in [5.41, 5.74) is 3.91. The zero-order chi connectivity index (χ0) is 36.9. The van der Waals surface area contributed by atoms with Crippen molar-refractivity contribution in [2.24, 2.45) is 7.05 Å². The number of ether oxygens (including phenoxy) is 1. The number of fused-ring (bicyclic) bond motifs is 1. The van der Waals surface area contributed by atoms with Crippen molar-refractivity contribution in [1.29, 1.82) is 0 Å². The van der Waals surface area contributed by atoms with Gasteiger partial charge in [-0.1, -0.05) is 59.6 Å². The number of likely N-dealkylation sites (tertiary alicyclic amines) is 1. The molecule has 3 aromatic heterocycles. The predicted octanol–water partition coefficient (Wildman–Crippen LogP) is 5.07. The topological polar surface area (TPSA) is 155 Å². The highest BCUT2D eigenvalue weighted by Gasteiger charge is 2.37. The molecule has 3 N–H and O–H groups in total. The van der Waals surface area contributed by atoms with Gasteiger partial charge in [-0.25, -0.2) is 14.3 Å². The number of rotatable bonds is 10. The fourth-order valence-corrected chi connectivity index (χ4v) is 7.66. The number of hydrogen-bond donors (Lipinski definition) is 3. The Morgan fingerprint density at radius 2 is 1.73 bits per heavy atom. The van der Waals surface area contributed by atoms with Crippen LogP contribution in [0.25, 0.3) is 39.0 Å². The summed E-state index contributed by atoms with van der Waals surface area (Å²) < 4.78 is 8.70. The van der Waals surface area contributed by atoms with Crippen molar-refractivity contribution in [3.8, 4) is 39.4 Å². The maximum absolute atomic E-state index is 13.4. The highest BCUT2D eigenvalue weighted by molar-refractivity contribution is 6.39. The van der Waals surface area contributed by atoms with E-state index in [4.69, 9.17) is 38.0 Å². The van der Waals surface area contributed by atoms with Crippen LogP contribution in [0.4, 0.5) is 4.79 Å². The van der Waals surface area contributed by atoms with Crippen molar-refractivity contribution in [1.82, 2.24) is 34.3 Å². The van der Waals surface area contributed by atoms with Crippen LogP contribution in [0.3, 0.4) is 0 Å². The fourth-order valence-electron chi connectivity index (χ4n) is 7.00. The van der Waals surface area contributed by atoms with Gasteiger partial charge in [-0.05, 0) is 31.5 Å². The summed E-state index contributed by atoms with van der Waals surface area (Å²) in [5.74, 6) is 0.745. The average molecular weight is 747 g/mol. The Bertz CT molecular complexity index is 2280. The van der Waals surface area contributed by atoms with Gasteiger partial charge in [0, 0.05) is 78.7 Å². The van der Waals surface area contributed by atoms with Gasteiger partial charge < -0.3 is 25.2 Å². The number of carboxylic acid groups (broad SMARTS) is 1. The third-order valence-electron chi connectivity index (χ3n) is 9.59. The molecule has 2 fully saturated rings. The third kappa shape index (κ3) is 6.84. The number of nitrogens with one attached hydrogen (secondary N) is 1. The molecule has 52 heavy (non-hydrogen) atoms. The van der Waals surface area contributed by atoms with Gasteiger partial charge in [0.05, 0.1) is 41.5 Å². The number of β-amino-alcohol motifs (C(OH)–C–C–N with tert-alkyl or cyclic N) is 1. The number of hydrogen-bond acceptors (Lipinski definition) is 8. The molecule has 0 bridgehead atoms. The van der Waals surface area contributed by atoms with Crippen LogP contribution < -0.4 is 15.6 Å². The summed E-state index contributed by atoms with van der Waals surface area (Å²) in [6.45, 7) is 3.40. The lowest BCUT2D eigenvalue weighted by molar-refractivity contribution is -0.119. The Balaban J connectivity index is 1.17. The standard InChI is InChI=1S/C37H37Cl2N7O6/c1-37(51)19-44(20-37)18-30-42-46-16-22(14-29(46)35(48)43(30)2)24-6-4-7-25(32(24)38)26-8-5-9-27(33(26)39)28-12-10-21(34(41-28)52-3)15-45(36(49)50)17-23-11-13-31(47)40-23/h4-10,12,14,16,23,51H,11,13,15,17-20H2,1-3H3,(H,40,47)(H,49,50). The van der Waals surface area contributed by atoms with E-state index in [1.165, 1.54) is 16.6 Å². The molecule has 2 aliphatic heterocycles. The summed E-state index contributed by atoms with van der Waals surface area (Å²) in [7, 11) is 3.16. The smallest absolute Gasteiger partial charge is 0.407 e. The van der Waals surface area contributed by atoms with Gasteiger partial charge >= 0.3 is 6.09 Å². The Labute approximate surface area is 309 Å². The van der Waals surface area contributed by atoms with Crippen molar-refractivity contribution in [2.75, 3.05) is 26.7 Å². The van der Waals surface area contributed by atoms with Crippen LogP contribution in [0.5, 0.6) is 5.88 Å². The molecule has 7 rings (SSSR count). The van der Waals surface area contributed by atoms with Gasteiger partial charge in [0.15, 0.2) is 0 Å². The van der Waals surface area contributed by atoms with E-state index in [-0.39, 0.29) is 36.5 Å². The molecule has 13 nitrogen and oxygen atoms in total. The Kier molecular flexibility index (Phi) is 9.46. The van der Waals surface area contributed by atoms with Crippen LogP contribution in [-0.2, 0) is 24.9 Å². The minimum Gasteiger partial charge on any atom is -0.481 e. The first kappa shape index (κ1) is 35.5. The van der Waals surface area contributed by atoms with Crippen LogP contribution in [0.2, 0.25) is 10.0 Å². The first-order valence-electron chi connectivity index (χ1n) is 16.7. The zero-order valence-electron chi connectivity index (χ0n) is 28.8. The molecule has 0 saturated carbocycles. The second-order valence-electron chi connectivity index (χ2n) is 13.6. The van der Waals surface area contributed by atoms with Gasteiger partial charge in [0.25, 0.3) is 5.56 Å². The van der Waals surface area contributed by atoms with Gasteiger partial charge in [-0.3, -0.25) is 19.1 Å². The molecular formula is C37H37Cl2N7O6. The highest BCUT2D eigenvalue weighted by Crippen LogP contribution is 2.42. The molecule has 0 aliphatic carbocycles. The molecule has 15 heteroatoms. The molecule has 0 radical (unpaired) electrons. The van der Waals surface area contributed by atoms with E-state index in [0.717, 1.165) is 0 Å². The third-order valence-corrected chi connectivity index (χ3v) is 10.4. The lowest BCUT2D eigenvalue weighted by Gasteiger charge is -2.44. The molecule has 1 unspecified atom stereocenters. The van der Waals surface area contributed by atoms with Crippen LogP contribution in [0, 0.1) is 0 Å². The zero-order valence-corrected chi connectivity index (χ0v) is 30.3. The van der Waals surface area contributed by atoms with Crippen molar-refractivity contribution in [3.05, 3.63) is 92.6 Å². The normalized spacial score (nSPS) is 16.9. The van der Waals surface area contributed by atoms with Crippen LogP contribution in [-0.4, -0.2) is 89.6 Å². The van der Waals surface area contributed by atoms with Crippen molar-refractivity contribution in [2.45, 2.75) is 44.5 Å². The SMILES string of the molecule is COc1nc(-c2cccc(-c3cccc(-c4cc5c(=O)n(C)c(CN6CC(C)(O)C6)nn5c4)c3Cl)c2Cl)ccc1CN(CC1CCC(=O)N1)C(=O)O. The molecule has 0 spiro atoms. The monoisotopic (exact) mass is 745 g/mol. The number of halogens is 2. The maximum Gasteiger partial charge on any atom is 0.407 e. The lowest BCUT2D eigenvalue weighted by atomic mass is 9.97. The summed E-state index contributed by atoms with van der Waals surface area (Å²) in [6.07, 6.45) is 1.62. The number of amides is 2. The molecular weight excluding hydrogens is 709 g/mol. The number of benzene rings is 2. The van der Waals surface area contributed by atoms with E-state index in [9.17, 15) is 24.6 Å². The van der Waals surface area contributed by atoms with E-state index in [1.807, 2.05) is 41.3 Å². The van der Waals surface area contributed by atoms with E-state index in [1.54, 1.807) is 42.9 Å². The quantitative estimate of drug-likeness (QED) is 0.178. The summed E-state index contributed by atoms with van der Waals surface area (Å²) >= 11 is 14.2. The minimum atomic E-state index is -1.11. The first-order valence-corrected chi connectivity index (χ1v) is 17.5. The maximum atomic E-state index is 13.4. The molecule has 1 atom stereocenters. The fraction of sp³-hybridized carbons (Fsp3) is 0.324. The number of carbonyl (C=O) groups excluding carboxylic acids is 1. The van der Waals surface area contributed by atoms with Crippen molar-refractivity contribution >= 4 is 40.7 Å². The van der Waals surface area contributed by atoms with E-state index in [0.29, 0.717) is 92.9 Å². The highest BCUT2D eigenvalue weighted by atomic mass is 35.5. The molecule has 2 aliphatic rings. The molecule has 270 valence electrons. The number of aromatic nitrogens is 4. The average Bonchev–Trinajstić information content (AvgIpc) is 3.72. The second kappa shape index (κ2) is 13.9. The van der Waals surface area contributed by atoms with Crippen molar-refractivity contribution < 1.29 is 24.5 Å².